The SMILES string of the molecule is Nc1cccc(C(O)CN2CCc3ccccc3C2)c1. The van der Waals surface area contributed by atoms with Crippen molar-refractivity contribution in [2.45, 2.75) is 19.1 Å². The molecule has 0 aromatic heterocycles. The zero-order valence-corrected chi connectivity index (χ0v) is 11.5. The Labute approximate surface area is 119 Å². The first-order chi connectivity index (χ1) is 9.72. The maximum Gasteiger partial charge on any atom is 0.0917 e. The van der Waals surface area contributed by atoms with Crippen molar-refractivity contribution in [3.63, 3.8) is 0 Å². The summed E-state index contributed by atoms with van der Waals surface area (Å²) in [5, 5.41) is 10.3. The molecule has 0 fully saturated rings. The molecule has 3 heteroatoms. The maximum absolute atomic E-state index is 10.3. The Kier molecular flexibility index (Phi) is 3.72. The fraction of sp³-hybridized carbons (Fsp3) is 0.294. The fourth-order valence-electron chi connectivity index (χ4n) is 2.83. The van der Waals surface area contributed by atoms with Crippen LogP contribution in [0.3, 0.4) is 0 Å². The average Bonchev–Trinajstić information content (AvgIpc) is 2.47. The van der Waals surface area contributed by atoms with Crippen LogP contribution in [0.1, 0.15) is 22.8 Å². The van der Waals surface area contributed by atoms with Crippen molar-refractivity contribution >= 4 is 5.69 Å². The van der Waals surface area contributed by atoms with E-state index in [0.29, 0.717) is 12.2 Å². The highest BCUT2D eigenvalue weighted by atomic mass is 16.3. The van der Waals surface area contributed by atoms with Gasteiger partial charge in [-0.25, -0.2) is 0 Å². The van der Waals surface area contributed by atoms with Crippen molar-refractivity contribution in [1.82, 2.24) is 4.90 Å². The molecule has 1 aliphatic rings. The summed E-state index contributed by atoms with van der Waals surface area (Å²) in [4.78, 5) is 2.30. The zero-order valence-electron chi connectivity index (χ0n) is 11.5. The van der Waals surface area contributed by atoms with E-state index in [9.17, 15) is 5.11 Å². The smallest absolute Gasteiger partial charge is 0.0917 e. The van der Waals surface area contributed by atoms with Gasteiger partial charge in [-0.15, -0.1) is 0 Å². The molecule has 1 unspecified atom stereocenters. The highest BCUT2D eigenvalue weighted by Gasteiger charge is 2.19. The third-order valence-corrected chi connectivity index (χ3v) is 3.94. The monoisotopic (exact) mass is 268 g/mol. The van der Waals surface area contributed by atoms with E-state index >= 15 is 0 Å². The van der Waals surface area contributed by atoms with Crippen LogP contribution in [0.4, 0.5) is 5.69 Å². The summed E-state index contributed by atoms with van der Waals surface area (Å²) >= 11 is 0. The summed E-state index contributed by atoms with van der Waals surface area (Å²) in [5.41, 5.74) is 10.2. The number of hydrogen-bond acceptors (Lipinski definition) is 3. The summed E-state index contributed by atoms with van der Waals surface area (Å²) in [6, 6.07) is 16.1. The second-order valence-electron chi connectivity index (χ2n) is 5.44. The van der Waals surface area contributed by atoms with Gasteiger partial charge in [-0.3, -0.25) is 4.90 Å². The van der Waals surface area contributed by atoms with Crippen molar-refractivity contribution in [3.8, 4) is 0 Å². The number of benzene rings is 2. The van der Waals surface area contributed by atoms with Crippen LogP contribution in [0.25, 0.3) is 0 Å². The Hall–Kier alpha value is -1.84. The van der Waals surface area contributed by atoms with Crippen LogP contribution in [0.2, 0.25) is 0 Å². The molecule has 1 atom stereocenters. The molecule has 1 aliphatic heterocycles. The minimum atomic E-state index is -0.483. The molecule has 104 valence electrons. The lowest BCUT2D eigenvalue weighted by atomic mass is 9.99. The summed E-state index contributed by atoms with van der Waals surface area (Å²) in [6.45, 7) is 2.56. The minimum absolute atomic E-state index is 0.483. The van der Waals surface area contributed by atoms with E-state index in [1.807, 2.05) is 24.3 Å². The van der Waals surface area contributed by atoms with Gasteiger partial charge >= 0.3 is 0 Å². The van der Waals surface area contributed by atoms with E-state index in [1.54, 1.807) is 0 Å². The summed E-state index contributed by atoms with van der Waals surface area (Å²) in [5.74, 6) is 0. The van der Waals surface area contributed by atoms with Crippen LogP contribution in [-0.4, -0.2) is 23.1 Å². The molecule has 2 aromatic carbocycles. The van der Waals surface area contributed by atoms with Gasteiger partial charge in [0.05, 0.1) is 6.10 Å². The lowest BCUT2D eigenvalue weighted by Gasteiger charge is -2.30. The van der Waals surface area contributed by atoms with Crippen LogP contribution in [0.5, 0.6) is 0 Å². The molecular weight excluding hydrogens is 248 g/mol. The largest absolute Gasteiger partial charge is 0.399 e. The van der Waals surface area contributed by atoms with E-state index in [2.05, 4.69) is 29.2 Å². The van der Waals surface area contributed by atoms with E-state index in [4.69, 9.17) is 5.73 Å². The molecule has 0 amide bonds. The number of anilines is 1. The number of aliphatic hydroxyl groups excluding tert-OH is 1. The van der Waals surface area contributed by atoms with E-state index in [0.717, 1.165) is 25.1 Å². The third-order valence-electron chi connectivity index (χ3n) is 3.94. The summed E-state index contributed by atoms with van der Waals surface area (Å²) < 4.78 is 0. The van der Waals surface area contributed by atoms with Crippen LogP contribution in [-0.2, 0) is 13.0 Å². The molecule has 20 heavy (non-hydrogen) atoms. The lowest BCUT2D eigenvalue weighted by molar-refractivity contribution is 0.106. The van der Waals surface area contributed by atoms with Gasteiger partial charge in [0.2, 0.25) is 0 Å². The molecule has 0 bridgehead atoms. The van der Waals surface area contributed by atoms with Crippen LogP contribution in [0.15, 0.2) is 48.5 Å². The number of nitrogen functional groups attached to an aromatic ring is 1. The van der Waals surface area contributed by atoms with Gasteiger partial charge in [-0.2, -0.15) is 0 Å². The standard InChI is InChI=1S/C17H20N2O/c18-16-7-3-6-14(10-16)17(20)12-19-9-8-13-4-1-2-5-15(13)11-19/h1-7,10,17,20H,8-9,11-12,18H2. The molecule has 0 spiro atoms. The molecule has 2 aromatic rings. The zero-order chi connectivity index (χ0) is 13.9. The summed E-state index contributed by atoms with van der Waals surface area (Å²) in [6.07, 6.45) is 0.573. The molecule has 0 aliphatic carbocycles. The Balaban J connectivity index is 1.67. The van der Waals surface area contributed by atoms with E-state index in [1.165, 1.54) is 11.1 Å². The Bertz CT molecular complexity index is 597. The van der Waals surface area contributed by atoms with Gasteiger partial charge in [0.25, 0.3) is 0 Å². The first-order valence-corrected chi connectivity index (χ1v) is 7.05. The molecule has 0 saturated heterocycles. The average molecular weight is 268 g/mol. The molecular formula is C17H20N2O. The Morgan fingerprint density at radius 2 is 1.90 bits per heavy atom. The van der Waals surface area contributed by atoms with Gasteiger partial charge in [0.1, 0.15) is 0 Å². The van der Waals surface area contributed by atoms with Gasteiger partial charge in [-0.1, -0.05) is 36.4 Å². The minimum Gasteiger partial charge on any atom is -0.399 e. The van der Waals surface area contributed by atoms with Crippen molar-refractivity contribution in [2.24, 2.45) is 0 Å². The molecule has 0 radical (unpaired) electrons. The summed E-state index contributed by atoms with van der Waals surface area (Å²) in [7, 11) is 0. The van der Waals surface area contributed by atoms with E-state index < -0.39 is 6.10 Å². The van der Waals surface area contributed by atoms with Gasteiger partial charge in [0, 0.05) is 25.3 Å². The van der Waals surface area contributed by atoms with E-state index in [-0.39, 0.29) is 0 Å². The second-order valence-corrected chi connectivity index (χ2v) is 5.44. The number of aliphatic hydroxyl groups is 1. The maximum atomic E-state index is 10.3. The topological polar surface area (TPSA) is 49.5 Å². The lowest BCUT2D eigenvalue weighted by Crippen LogP contribution is -2.33. The number of nitrogens with two attached hydrogens (primary N) is 1. The number of β-amino-alcohol motifs (C(OH)–C–C–N with tert-alkyl or cyclic N) is 1. The highest BCUT2D eigenvalue weighted by molar-refractivity contribution is 5.41. The normalized spacial score (nSPS) is 16.6. The van der Waals surface area contributed by atoms with Gasteiger partial charge in [0.15, 0.2) is 0 Å². The van der Waals surface area contributed by atoms with Crippen LogP contribution >= 0.6 is 0 Å². The van der Waals surface area contributed by atoms with Crippen LogP contribution < -0.4 is 5.73 Å². The molecule has 0 saturated carbocycles. The molecule has 3 nitrogen and oxygen atoms in total. The third kappa shape index (κ3) is 2.84. The predicted molar refractivity (Wildman–Crippen MR) is 81.2 cm³/mol. The fourth-order valence-corrected chi connectivity index (χ4v) is 2.83. The second kappa shape index (κ2) is 5.65. The van der Waals surface area contributed by atoms with Gasteiger partial charge in [-0.05, 0) is 35.2 Å². The molecule has 3 N–H and O–H groups in total. The predicted octanol–water partition coefficient (Wildman–Crippen LogP) is 2.36. The highest BCUT2D eigenvalue weighted by Crippen LogP contribution is 2.22. The number of nitrogens with zero attached hydrogens (tertiary/aromatic N) is 1. The number of rotatable bonds is 3. The quantitative estimate of drug-likeness (QED) is 0.840. The van der Waals surface area contributed by atoms with Crippen molar-refractivity contribution < 1.29 is 5.11 Å². The van der Waals surface area contributed by atoms with Crippen molar-refractivity contribution in [3.05, 3.63) is 65.2 Å². The van der Waals surface area contributed by atoms with Gasteiger partial charge < -0.3 is 10.8 Å². The first kappa shape index (κ1) is 13.2. The number of hydrogen-bond donors (Lipinski definition) is 2. The first-order valence-electron chi connectivity index (χ1n) is 7.05. The molecule has 3 rings (SSSR count). The van der Waals surface area contributed by atoms with Crippen molar-refractivity contribution in [1.29, 1.82) is 0 Å². The van der Waals surface area contributed by atoms with Crippen LogP contribution in [0, 0.1) is 0 Å². The Morgan fingerprint density at radius 3 is 2.70 bits per heavy atom. The molecule has 1 heterocycles. The number of fused-ring (bicyclic) bond motifs is 1. The Morgan fingerprint density at radius 1 is 1.10 bits per heavy atom. The van der Waals surface area contributed by atoms with Crippen molar-refractivity contribution in [2.75, 3.05) is 18.8 Å².